The van der Waals surface area contributed by atoms with E-state index in [0.717, 1.165) is 31.6 Å². The van der Waals surface area contributed by atoms with Crippen LogP contribution in [0.4, 0.5) is 17.2 Å². The Kier molecular flexibility index (Phi) is 5.46. The van der Waals surface area contributed by atoms with Gasteiger partial charge in [0.2, 0.25) is 5.91 Å². The summed E-state index contributed by atoms with van der Waals surface area (Å²) >= 11 is 0. The summed E-state index contributed by atoms with van der Waals surface area (Å²) in [6.45, 7) is 5.18. The molecule has 136 valence electrons. The van der Waals surface area contributed by atoms with Crippen molar-refractivity contribution in [3.63, 3.8) is 0 Å². The Morgan fingerprint density at radius 1 is 1.19 bits per heavy atom. The molecule has 0 bridgehead atoms. The van der Waals surface area contributed by atoms with Crippen molar-refractivity contribution in [2.45, 2.75) is 26.7 Å². The van der Waals surface area contributed by atoms with Crippen molar-refractivity contribution in [1.82, 2.24) is 14.9 Å². The molecule has 1 aromatic heterocycles. The van der Waals surface area contributed by atoms with Gasteiger partial charge in [0.15, 0.2) is 0 Å². The number of piperidine rings is 1. The van der Waals surface area contributed by atoms with E-state index in [9.17, 15) is 9.59 Å². The number of hydrogen-bond acceptors (Lipinski definition) is 5. The minimum atomic E-state index is -0.128. The van der Waals surface area contributed by atoms with Crippen LogP contribution in [0.2, 0.25) is 0 Å². The molecule has 7 heteroatoms. The van der Waals surface area contributed by atoms with Crippen LogP contribution in [0.1, 0.15) is 37.2 Å². The number of benzene rings is 1. The van der Waals surface area contributed by atoms with E-state index in [0.29, 0.717) is 23.1 Å². The maximum Gasteiger partial charge on any atom is 0.274 e. The van der Waals surface area contributed by atoms with Gasteiger partial charge in [-0.3, -0.25) is 9.59 Å². The van der Waals surface area contributed by atoms with Gasteiger partial charge in [0.25, 0.3) is 5.91 Å². The third-order valence-electron chi connectivity index (χ3n) is 4.27. The Bertz CT molecular complexity index is 791. The lowest BCUT2D eigenvalue weighted by atomic mass is 10.0. The van der Waals surface area contributed by atoms with Gasteiger partial charge in [-0.15, -0.1) is 0 Å². The lowest BCUT2D eigenvalue weighted by molar-refractivity contribution is -0.114. The number of carbonyl (C=O) groups excluding carboxylic acids is 2. The minimum absolute atomic E-state index is 0.0664. The van der Waals surface area contributed by atoms with Crippen LogP contribution >= 0.6 is 0 Å². The highest BCUT2D eigenvalue weighted by Crippen LogP contribution is 2.20. The zero-order valence-corrected chi connectivity index (χ0v) is 15.0. The summed E-state index contributed by atoms with van der Waals surface area (Å²) in [6, 6.07) is 7.30. The molecule has 0 saturated carbocycles. The molecule has 2 amide bonds. The van der Waals surface area contributed by atoms with Crippen molar-refractivity contribution in [2.24, 2.45) is 5.92 Å². The Hall–Kier alpha value is -2.96. The molecule has 1 unspecified atom stereocenters. The first kappa shape index (κ1) is 17.8. The van der Waals surface area contributed by atoms with E-state index in [1.54, 1.807) is 18.3 Å². The van der Waals surface area contributed by atoms with E-state index in [1.165, 1.54) is 13.1 Å². The fourth-order valence-electron chi connectivity index (χ4n) is 3.06. The van der Waals surface area contributed by atoms with E-state index >= 15 is 0 Å². The first-order chi connectivity index (χ1) is 12.5. The molecule has 1 atom stereocenters. The largest absolute Gasteiger partial charge is 0.339 e. The summed E-state index contributed by atoms with van der Waals surface area (Å²) < 4.78 is 0. The predicted molar refractivity (Wildman–Crippen MR) is 100 cm³/mol. The van der Waals surface area contributed by atoms with Crippen molar-refractivity contribution in [3.8, 4) is 0 Å². The minimum Gasteiger partial charge on any atom is -0.339 e. The molecule has 0 radical (unpaired) electrons. The maximum atomic E-state index is 12.5. The molecular weight excluding hydrogens is 330 g/mol. The molecule has 1 saturated heterocycles. The van der Waals surface area contributed by atoms with Gasteiger partial charge in [0.05, 0.1) is 12.4 Å². The third-order valence-corrected chi connectivity index (χ3v) is 4.27. The SMILES string of the molecule is CC(=O)Nc1cccc(Nc2cnc(C(=O)N3CCCC(C)C3)cn2)c1. The number of hydrogen-bond donors (Lipinski definition) is 2. The number of nitrogens with one attached hydrogen (secondary N) is 2. The molecule has 2 N–H and O–H groups in total. The lowest BCUT2D eigenvalue weighted by Crippen LogP contribution is -2.39. The van der Waals surface area contributed by atoms with E-state index in [1.807, 2.05) is 17.0 Å². The van der Waals surface area contributed by atoms with E-state index in [4.69, 9.17) is 0 Å². The van der Waals surface area contributed by atoms with Crippen LogP contribution in [0.3, 0.4) is 0 Å². The molecule has 2 heterocycles. The summed E-state index contributed by atoms with van der Waals surface area (Å²) in [5, 5.41) is 5.85. The highest BCUT2D eigenvalue weighted by atomic mass is 16.2. The standard InChI is InChI=1S/C19H23N5O2/c1-13-5-4-8-24(12-13)19(26)17-10-21-18(11-20-17)23-16-7-3-6-15(9-16)22-14(2)25/h3,6-7,9-11,13H,4-5,8,12H2,1-2H3,(H,21,23)(H,22,25). The average molecular weight is 353 g/mol. The quantitative estimate of drug-likeness (QED) is 0.882. The smallest absolute Gasteiger partial charge is 0.274 e. The highest BCUT2D eigenvalue weighted by Gasteiger charge is 2.23. The summed E-state index contributed by atoms with van der Waals surface area (Å²) in [6.07, 6.45) is 5.24. The molecule has 1 aliphatic heterocycles. The number of anilines is 3. The maximum absolute atomic E-state index is 12.5. The van der Waals surface area contributed by atoms with Crippen molar-refractivity contribution >= 4 is 29.0 Å². The summed E-state index contributed by atoms with van der Waals surface area (Å²) in [7, 11) is 0. The molecule has 7 nitrogen and oxygen atoms in total. The Labute approximate surface area is 152 Å². The first-order valence-electron chi connectivity index (χ1n) is 8.77. The molecule has 3 rings (SSSR count). The number of aromatic nitrogens is 2. The Morgan fingerprint density at radius 3 is 2.69 bits per heavy atom. The molecule has 1 aromatic carbocycles. The zero-order valence-electron chi connectivity index (χ0n) is 15.0. The molecule has 1 aliphatic rings. The number of rotatable bonds is 4. The van der Waals surface area contributed by atoms with Gasteiger partial charge >= 0.3 is 0 Å². The van der Waals surface area contributed by atoms with Crippen LogP contribution in [-0.2, 0) is 4.79 Å². The van der Waals surface area contributed by atoms with Gasteiger partial charge < -0.3 is 15.5 Å². The van der Waals surface area contributed by atoms with Gasteiger partial charge in [0, 0.05) is 31.4 Å². The van der Waals surface area contributed by atoms with Crippen LogP contribution < -0.4 is 10.6 Å². The van der Waals surface area contributed by atoms with Crippen LogP contribution in [-0.4, -0.2) is 39.8 Å². The third kappa shape index (κ3) is 4.56. The van der Waals surface area contributed by atoms with Crippen LogP contribution in [0, 0.1) is 5.92 Å². The van der Waals surface area contributed by atoms with Crippen molar-refractivity contribution < 1.29 is 9.59 Å². The number of carbonyl (C=O) groups is 2. The van der Waals surface area contributed by atoms with Crippen molar-refractivity contribution in [1.29, 1.82) is 0 Å². The average Bonchev–Trinajstić information content (AvgIpc) is 2.61. The van der Waals surface area contributed by atoms with Gasteiger partial charge in [-0.25, -0.2) is 9.97 Å². The second-order valence-electron chi connectivity index (χ2n) is 6.67. The second kappa shape index (κ2) is 7.95. The van der Waals surface area contributed by atoms with Gasteiger partial charge in [-0.05, 0) is 37.0 Å². The normalized spacial score (nSPS) is 16.8. The van der Waals surface area contributed by atoms with Crippen molar-refractivity contribution in [2.75, 3.05) is 23.7 Å². The number of amides is 2. The number of likely N-dealkylation sites (tertiary alicyclic amines) is 1. The lowest BCUT2D eigenvalue weighted by Gasteiger charge is -2.30. The topological polar surface area (TPSA) is 87.2 Å². The molecule has 0 spiro atoms. The Balaban J connectivity index is 1.66. The van der Waals surface area contributed by atoms with Crippen molar-refractivity contribution in [3.05, 3.63) is 42.4 Å². The monoisotopic (exact) mass is 353 g/mol. The summed E-state index contributed by atoms with van der Waals surface area (Å²) in [5.74, 6) is 0.867. The molecule has 0 aliphatic carbocycles. The van der Waals surface area contributed by atoms with Gasteiger partial charge in [-0.2, -0.15) is 0 Å². The fourth-order valence-corrected chi connectivity index (χ4v) is 3.06. The fraction of sp³-hybridized carbons (Fsp3) is 0.368. The molecule has 1 fully saturated rings. The number of nitrogens with zero attached hydrogens (tertiary/aromatic N) is 3. The zero-order chi connectivity index (χ0) is 18.5. The molecule has 26 heavy (non-hydrogen) atoms. The Morgan fingerprint density at radius 2 is 2.00 bits per heavy atom. The van der Waals surface area contributed by atoms with E-state index in [-0.39, 0.29) is 11.8 Å². The van der Waals surface area contributed by atoms with Crippen LogP contribution in [0.25, 0.3) is 0 Å². The summed E-state index contributed by atoms with van der Waals surface area (Å²) in [5.41, 5.74) is 1.83. The first-order valence-corrected chi connectivity index (χ1v) is 8.77. The second-order valence-corrected chi connectivity index (χ2v) is 6.67. The van der Waals surface area contributed by atoms with E-state index in [2.05, 4.69) is 27.5 Å². The predicted octanol–water partition coefficient (Wildman–Crippen LogP) is 3.05. The van der Waals surface area contributed by atoms with Crippen LogP contribution in [0.5, 0.6) is 0 Å². The molecular formula is C19H23N5O2. The highest BCUT2D eigenvalue weighted by molar-refractivity contribution is 5.92. The molecule has 2 aromatic rings. The van der Waals surface area contributed by atoms with Gasteiger partial charge in [0.1, 0.15) is 11.5 Å². The van der Waals surface area contributed by atoms with Crippen LogP contribution in [0.15, 0.2) is 36.7 Å². The summed E-state index contributed by atoms with van der Waals surface area (Å²) in [4.78, 5) is 34.1. The van der Waals surface area contributed by atoms with E-state index < -0.39 is 0 Å². The van der Waals surface area contributed by atoms with Gasteiger partial charge in [-0.1, -0.05) is 13.0 Å².